The molecule has 0 saturated heterocycles. The van der Waals surface area contributed by atoms with Gasteiger partial charge in [-0.1, -0.05) is 13.8 Å². The number of likely N-dealkylation sites (N-methyl/N-ethyl adjacent to an activating group) is 1. The molecule has 0 saturated carbocycles. The molecule has 4 N–H and O–H groups in total. The highest BCUT2D eigenvalue weighted by atomic mass is 16.3. The van der Waals surface area contributed by atoms with Crippen LogP contribution in [0.4, 0.5) is 11.6 Å². The first-order valence-electron chi connectivity index (χ1n) is 6.59. The van der Waals surface area contributed by atoms with E-state index in [0.717, 1.165) is 18.2 Å². The van der Waals surface area contributed by atoms with E-state index in [4.69, 9.17) is 5.84 Å². The third-order valence-electron chi connectivity index (χ3n) is 2.68. The van der Waals surface area contributed by atoms with E-state index < -0.39 is 5.60 Å². The molecule has 0 atom stereocenters. The summed E-state index contributed by atoms with van der Waals surface area (Å²) >= 11 is 0. The fourth-order valence-corrected chi connectivity index (χ4v) is 1.77. The van der Waals surface area contributed by atoms with Crippen LogP contribution in [-0.4, -0.2) is 33.8 Å². The molecule has 0 radical (unpaired) electrons. The number of nitrogens with one attached hydrogen (secondary N) is 1. The molecule has 0 aliphatic heterocycles. The number of aromatic nitrogens is 2. The van der Waals surface area contributed by atoms with Gasteiger partial charge in [0.1, 0.15) is 17.5 Å². The molecule has 6 heteroatoms. The summed E-state index contributed by atoms with van der Waals surface area (Å²) < 4.78 is 0. The average Bonchev–Trinajstić information content (AvgIpc) is 2.34. The monoisotopic (exact) mass is 267 g/mol. The molecule has 19 heavy (non-hydrogen) atoms. The predicted molar refractivity (Wildman–Crippen MR) is 78.1 cm³/mol. The van der Waals surface area contributed by atoms with E-state index in [-0.39, 0.29) is 5.92 Å². The quantitative estimate of drug-likeness (QED) is 0.534. The number of nitrogen functional groups attached to an aromatic ring is 1. The van der Waals surface area contributed by atoms with E-state index in [0.29, 0.717) is 12.4 Å². The Labute approximate surface area is 115 Å². The number of nitrogens with zero attached hydrogens (tertiary/aromatic N) is 3. The van der Waals surface area contributed by atoms with Crippen LogP contribution in [0.15, 0.2) is 6.07 Å². The summed E-state index contributed by atoms with van der Waals surface area (Å²) in [5, 5.41) is 9.96. The molecule has 1 heterocycles. The molecule has 6 nitrogen and oxygen atoms in total. The van der Waals surface area contributed by atoms with Gasteiger partial charge in [-0.15, -0.1) is 0 Å². The fourth-order valence-electron chi connectivity index (χ4n) is 1.77. The zero-order valence-electron chi connectivity index (χ0n) is 12.4. The predicted octanol–water partition coefficient (Wildman–Crippen LogP) is 1.48. The first kappa shape index (κ1) is 15.7. The molecule has 0 fully saturated rings. The Bertz CT molecular complexity index is 414. The highest BCUT2D eigenvalue weighted by Crippen LogP contribution is 2.21. The Kier molecular flexibility index (Phi) is 5.08. The highest BCUT2D eigenvalue weighted by Gasteiger charge is 2.20. The first-order chi connectivity index (χ1) is 8.76. The van der Waals surface area contributed by atoms with Crippen molar-refractivity contribution in [1.82, 2.24) is 9.97 Å². The summed E-state index contributed by atoms with van der Waals surface area (Å²) in [5.41, 5.74) is 1.78. The highest BCUT2D eigenvalue weighted by molar-refractivity contribution is 5.49. The standard InChI is InChI=1S/C13H25N5O/c1-6-18(8-13(4,5)19)11-7-10(17-14)15-12(16-11)9(2)3/h7,9,19H,6,8,14H2,1-5H3,(H,15,16,17). The van der Waals surface area contributed by atoms with E-state index in [1.807, 2.05) is 25.7 Å². The average molecular weight is 267 g/mol. The van der Waals surface area contributed by atoms with Crippen LogP contribution < -0.4 is 16.2 Å². The Morgan fingerprint density at radius 1 is 1.42 bits per heavy atom. The van der Waals surface area contributed by atoms with Crippen LogP contribution in [0, 0.1) is 0 Å². The van der Waals surface area contributed by atoms with Gasteiger partial charge in [0.15, 0.2) is 0 Å². The zero-order valence-corrected chi connectivity index (χ0v) is 12.4. The van der Waals surface area contributed by atoms with Crippen LogP contribution in [0.1, 0.15) is 46.4 Å². The normalized spacial score (nSPS) is 11.8. The largest absolute Gasteiger partial charge is 0.389 e. The maximum Gasteiger partial charge on any atom is 0.145 e. The van der Waals surface area contributed by atoms with Crippen molar-refractivity contribution >= 4 is 11.6 Å². The minimum Gasteiger partial charge on any atom is -0.389 e. The van der Waals surface area contributed by atoms with Crippen LogP contribution in [0.5, 0.6) is 0 Å². The Morgan fingerprint density at radius 2 is 2.05 bits per heavy atom. The van der Waals surface area contributed by atoms with Gasteiger partial charge in [0, 0.05) is 25.1 Å². The maximum atomic E-state index is 9.96. The SMILES string of the molecule is CCN(CC(C)(C)O)c1cc(NN)nc(C(C)C)n1. The number of hydrogen-bond acceptors (Lipinski definition) is 6. The van der Waals surface area contributed by atoms with Gasteiger partial charge >= 0.3 is 0 Å². The molecule has 1 aromatic rings. The van der Waals surface area contributed by atoms with E-state index in [1.165, 1.54) is 0 Å². The molecule has 0 bridgehead atoms. The number of anilines is 2. The smallest absolute Gasteiger partial charge is 0.145 e. The topological polar surface area (TPSA) is 87.3 Å². The minimum absolute atomic E-state index is 0.216. The van der Waals surface area contributed by atoms with Crippen LogP contribution in [0.3, 0.4) is 0 Å². The zero-order chi connectivity index (χ0) is 14.6. The summed E-state index contributed by atoms with van der Waals surface area (Å²) in [4.78, 5) is 10.9. The van der Waals surface area contributed by atoms with Gasteiger partial charge in [-0.05, 0) is 20.8 Å². The molecule has 0 aliphatic rings. The van der Waals surface area contributed by atoms with Crippen molar-refractivity contribution in [3.05, 3.63) is 11.9 Å². The Balaban J connectivity index is 3.12. The molecule has 108 valence electrons. The van der Waals surface area contributed by atoms with Gasteiger partial charge in [0.25, 0.3) is 0 Å². The molecule has 0 spiro atoms. The van der Waals surface area contributed by atoms with Crippen molar-refractivity contribution in [2.24, 2.45) is 5.84 Å². The van der Waals surface area contributed by atoms with E-state index in [2.05, 4.69) is 15.4 Å². The lowest BCUT2D eigenvalue weighted by atomic mass is 10.1. The molecule has 0 aromatic carbocycles. The summed E-state index contributed by atoms with van der Waals surface area (Å²) in [6.45, 7) is 10.9. The van der Waals surface area contributed by atoms with Gasteiger partial charge < -0.3 is 15.4 Å². The molecule has 1 rings (SSSR count). The Morgan fingerprint density at radius 3 is 2.47 bits per heavy atom. The maximum absolute atomic E-state index is 9.96. The van der Waals surface area contributed by atoms with Crippen molar-refractivity contribution in [2.45, 2.75) is 46.1 Å². The summed E-state index contributed by atoms with van der Waals surface area (Å²) in [7, 11) is 0. The summed E-state index contributed by atoms with van der Waals surface area (Å²) in [5.74, 6) is 7.76. The number of hydrogen-bond donors (Lipinski definition) is 3. The number of nitrogens with two attached hydrogens (primary N) is 1. The van der Waals surface area contributed by atoms with Crippen molar-refractivity contribution in [3.63, 3.8) is 0 Å². The van der Waals surface area contributed by atoms with Crippen molar-refractivity contribution < 1.29 is 5.11 Å². The third-order valence-corrected chi connectivity index (χ3v) is 2.68. The van der Waals surface area contributed by atoms with Crippen LogP contribution in [0.25, 0.3) is 0 Å². The lowest BCUT2D eigenvalue weighted by Crippen LogP contribution is -2.39. The van der Waals surface area contributed by atoms with Gasteiger partial charge in [0.2, 0.25) is 0 Å². The number of hydrazine groups is 1. The molecule has 0 unspecified atom stereocenters. The fraction of sp³-hybridized carbons (Fsp3) is 0.692. The second kappa shape index (κ2) is 6.16. The third kappa shape index (κ3) is 4.65. The molecule has 1 aromatic heterocycles. The van der Waals surface area contributed by atoms with Crippen LogP contribution in [-0.2, 0) is 0 Å². The molecule has 0 amide bonds. The van der Waals surface area contributed by atoms with Gasteiger partial charge in [0.05, 0.1) is 5.60 Å². The number of rotatable bonds is 6. The molecule has 0 aliphatic carbocycles. The van der Waals surface area contributed by atoms with E-state index in [9.17, 15) is 5.11 Å². The molecular weight excluding hydrogens is 242 g/mol. The van der Waals surface area contributed by atoms with Crippen molar-refractivity contribution in [1.29, 1.82) is 0 Å². The van der Waals surface area contributed by atoms with Crippen LogP contribution in [0.2, 0.25) is 0 Å². The summed E-state index contributed by atoms with van der Waals surface area (Å²) in [6, 6.07) is 1.79. The minimum atomic E-state index is -0.782. The van der Waals surface area contributed by atoms with Crippen molar-refractivity contribution in [2.75, 3.05) is 23.4 Å². The lowest BCUT2D eigenvalue weighted by Gasteiger charge is -2.29. The van der Waals surface area contributed by atoms with E-state index in [1.54, 1.807) is 19.9 Å². The Hall–Kier alpha value is -1.40. The van der Waals surface area contributed by atoms with Gasteiger partial charge in [-0.3, -0.25) is 0 Å². The van der Waals surface area contributed by atoms with Crippen molar-refractivity contribution in [3.8, 4) is 0 Å². The number of aliphatic hydroxyl groups is 1. The second-order valence-electron chi connectivity index (χ2n) is 5.60. The van der Waals surface area contributed by atoms with Crippen LogP contribution >= 0.6 is 0 Å². The second-order valence-corrected chi connectivity index (χ2v) is 5.60. The van der Waals surface area contributed by atoms with E-state index >= 15 is 0 Å². The lowest BCUT2D eigenvalue weighted by molar-refractivity contribution is 0.0874. The first-order valence-corrected chi connectivity index (χ1v) is 6.59. The summed E-state index contributed by atoms with van der Waals surface area (Å²) in [6.07, 6.45) is 0. The molecular formula is C13H25N5O. The van der Waals surface area contributed by atoms with Gasteiger partial charge in [-0.2, -0.15) is 0 Å². The van der Waals surface area contributed by atoms with Gasteiger partial charge in [-0.25, -0.2) is 15.8 Å².